The Morgan fingerprint density at radius 1 is 1.00 bits per heavy atom. The number of nitrogens with zero attached hydrogens (tertiary/aromatic N) is 3. The van der Waals surface area contributed by atoms with Crippen molar-refractivity contribution in [3.8, 4) is 5.88 Å². The molecule has 1 N–H and O–H groups in total. The molecule has 1 saturated carbocycles. The Morgan fingerprint density at radius 3 is 2.70 bits per heavy atom. The minimum Gasteiger partial charge on any atom is -0.474 e. The van der Waals surface area contributed by atoms with Crippen LogP contribution in [0.2, 0.25) is 0 Å². The van der Waals surface area contributed by atoms with Crippen molar-refractivity contribution in [2.24, 2.45) is 0 Å². The van der Waals surface area contributed by atoms with E-state index >= 15 is 0 Å². The fourth-order valence-corrected chi connectivity index (χ4v) is 5.04. The lowest BCUT2D eigenvalue weighted by Crippen LogP contribution is -2.21. The van der Waals surface area contributed by atoms with Crippen molar-refractivity contribution in [1.82, 2.24) is 20.2 Å². The molecule has 2 aromatic heterocycles. The largest absolute Gasteiger partial charge is 0.474 e. The van der Waals surface area contributed by atoms with E-state index in [1.165, 1.54) is 41.5 Å². The van der Waals surface area contributed by atoms with Crippen LogP contribution in [0, 0.1) is 6.92 Å². The molecule has 0 saturated heterocycles. The number of nitrogens with one attached hydrogen (secondary N) is 1. The summed E-state index contributed by atoms with van der Waals surface area (Å²) in [5.41, 5.74) is 8.04. The molecule has 2 aliphatic carbocycles. The van der Waals surface area contributed by atoms with E-state index in [9.17, 15) is 0 Å². The molecule has 2 aliphatic rings. The summed E-state index contributed by atoms with van der Waals surface area (Å²) in [4.78, 5) is 9.99. The van der Waals surface area contributed by atoms with Gasteiger partial charge in [-0.1, -0.05) is 48.4 Å². The van der Waals surface area contributed by atoms with Gasteiger partial charge in [-0.25, -0.2) is 4.98 Å². The molecule has 1 fully saturated rings. The van der Waals surface area contributed by atoms with E-state index < -0.39 is 0 Å². The number of aromatic amines is 1. The van der Waals surface area contributed by atoms with Crippen molar-refractivity contribution in [1.29, 1.82) is 0 Å². The molecule has 0 aliphatic heterocycles. The zero-order chi connectivity index (χ0) is 22.2. The standard InChI is InChI=1S/C28H28N4O/c1-18-7-10-20(11-8-18)23-12-14-25-27(23)28(33-22-5-3-2-4-6-22)31-26(30-25)16-19-9-13-24-21(15-19)17-29-32-24/h7-13,15,17,22H,2-6,14,16H2,1H3,(H,29,32). The van der Waals surface area contributed by atoms with E-state index in [4.69, 9.17) is 14.7 Å². The third kappa shape index (κ3) is 4.04. The Balaban J connectivity index is 1.37. The maximum Gasteiger partial charge on any atom is 0.225 e. The number of ether oxygens (including phenoxy) is 1. The highest BCUT2D eigenvalue weighted by Crippen LogP contribution is 2.39. The van der Waals surface area contributed by atoms with Crippen molar-refractivity contribution in [3.63, 3.8) is 0 Å². The number of H-pyrrole nitrogens is 1. The van der Waals surface area contributed by atoms with Crippen molar-refractivity contribution in [2.75, 3.05) is 0 Å². The first-order chi connectivity index (χ1) is 16.2. The Labute approximate surface area is 193 Å². The third-order valence-corrected chi connectivity index (χ3v) is 6.83. The fraction of sp³-hybridized carbons (Fsp3) is 0.321. The molecule has 0 bridgehead atoms. The van der Waals surface area contributed by atoms with Gasteiger partial charge < -0.3 is 4.74 Å². The van der Waals surface area contributed by atoms with Gasteiger partial charge in [0.2, 0.25) is 5.88 Å². The van der Waals surface area contributed by atoms with E-state index in [1.807, 2.05) is 6.20 Å². The second-order valence-electron chi connectivity index (χ2n) is 9.30. The van der Waals surface area contributed by atoms with Gasteiger partial charge in [0.15, 0.2) is 0 Å². The summed E-state index contributed by atoms with van der Waals surface area (Å²) in [6, 6.07) is 15.1. The first-order valence-electron chi connectivity index (χ1n) is 12.0. The van der Waals surface area contributed by atoms with E-state index in [0.29, 0.717) is 6.42 Å². The number of aryl methyl sites for hydroxylation is 1. The van der Waals surface area contributed by atoms with Crippen LogP contribution in [0.25, 0.3) is 16.5 Å². The number of hydrogen-bond acceptors (Lipinski definition) is 4. The molecule has 5 heteroatoms. The Hall–Kier alpha value is -3.47. The summed E-state index contributed by atoms with van der Waals surface area (Å²) in [5, 5.41) is 8.26. The molecule has 4 aromatic rings. The molecule has 166 valence electrons. The monoisotopic (exact) mass is 436 g/mol. The van der Waals surface area contributed by atoms with E-state index in [-0.39, 0.29) is 6.10 Å². The maximum atomic E-state index is 6.60. The summed E-state index contributed by atoms with van der Waals surface area (Å²) in [5.74, 6) is 1.58. The molecule has 2 aromatic carbocycles. The van der Waals surface area contributed by atoms with Crippen LogP contribution in [0.3, 0.4) is 0 Å². The minimum absolute atomic E-state index is 0.243. The van der Waals surface area contributed by atoms with Crippen molar-refractivity contribution >= 4 is 16.5 Å². The number of aromatic nitrogens is 4. The third-order valence-electron chi connectivity index (χ3n) is 6.83. The minimum atomic E-state index is 0.243. The topological polar surface area (TPSA) is 63.7 Å². The summed E-state index contributed by atoms with van der Waals surface area (Å²) in [7, 11) is 0. The van der Waals surface area contributed by atoms with Crippen molar-refractivity contribution in [3.05, 3.63) is 88.5 Å². The molecule has 0 spiro atoms. The molecule has 0 unspecified atom stereocenters. The summed E-state index contributed by atoms with van der Waals surface area (Å²) in [6.45, 7) is 2.12. The molecular formula is C28H28N4O. The SMILES string of the molecule is Cc1ccc(C2=CCc3nc(Cc4ccc5[nH]ncc5c4)nc(OC4CCCCC4)c32)cc1. The van der Waals surface area contributed by atoms with Crippen LogP contribution in [0.15, 0.2) is 54.7 Å². The lowest BCUT2D eigenvalue weighted by atomic mass is 9.97. The van der Waals surface area contributed by atoms with E-state index in [0.717, 1.165) is 53.1 Å². The smallest absolute Gasteiger partial charge is 0.225 e. The van der Waals surface area contributed by atoms with Crippen LogP contribution in [0.5, 0.6) is 5.88 Å². The van der Waals surface area contributed by atoms with Crippen molar-refractivity contribution < 1.29 is 4.74 Å². The average Bonchev–Trinajstić information content (AvgIpc) is 3.47. The predicted molar refractivity (Wildman–Crippen MR) is 130 cm³/mol. The Bertz CT molecular complexity index is 1330. The number of benzene rings is 2. The van der Waals surface area contributed by atoms with Gasteiger partial charge in [0.05, 0.1) is 23.0 Å². The van der Waals surface area contributed by atoms with Gasteiger partial charge in [0, 0.05) is 18.2 Å². The Morgan fingerprint density at radius 2 is 1.85 bits per heavy atom. The zero-order valence-electron chi connectivity index (χ0n) is 19.0. The van der Waals surface area contributed by atoms with Gasteiger partial charge in [-0.3, -0.25) is 5.10 Å². The molecule has 6 rings (SSSR count). The molecule has 5 nitrogen and oxygen atoms in total. The number of rotatable bonds is 5. The average molecular weight is 437 g/mol. The predicted octanol–water partition coefficient (Wildman–Crippen LogP) is 5.95. The number of fused-ring (bicyclic) bond motifs is 2. The van der Waals surface area contributed by atoms with Crippen LogP contribution in [0.1, 0.15) is 65.9 Å². The van der Waals surface area contributed by atoms with Gasteiger partial charge in [-0.2, -0.15) is 10.1 Å². The number of hydrogen-bond donors (Lipinski definition) is 1. The first kappa shape index (κ1) is 20.2. The lowest BCUT2D eigenvalue weighted by Gasteiger charge is -2.24. The first-order valence-corrected chi connectivity index (χ1v) is 12.0. The van der Waals surface area contributed by atoms with Gasteiger partial charge in [-0.05, 0) is 61.4 Å². The Kier molecular flexibility index (Phi) is 5.17. The lowest BCUT2D eigenvalue weighted by molar-refractivity contribution is 0.147. The highest BCUT2D eigenvalue weighted by atomic mass is 16.5. The van der Waals surface area contributed by atoms with E-state index in [1.54, 1.807) is 0 Å². The highest BCUT2D eigenvalue weighted by Gasteiger charge is 2.27. The van der Waals surface area contributed by atoms with Crippen LogP contribution < -0.4 is 4.74 Å². The highest BCUT2D eigenvalue weighted by molar-refractivity contribution is 5.86. The molecule has 33 heavy (non-hydrogen) atoms. The summed E-state index contributed by atoms with van der Waals surface area (Å²) >= 11 is 0. The number of allylic oxidation sites excluding steroid dienone is 1. The van der Waals surface area contributed by atoms with Gasteiger partial charge in [-0.15, -0.1) is 0 Å². The van der Waals surface area contributed by atoms with Crippen LogP contribution in [-0.2, 0) is 12.8 Å². The van der Waals surface area contributed by atoms with Crippen molar-refractivity contribution in [2.45, 2.75) is 58.0 Å². The quantitative estimate of drug-likeness (QED) is 0.420. The molecular weight excluding hydrogens is 408 g/mol. The molecule has 2 heterocycles. The summed E-state index contributed by atoms with van der Waals surface area (Å²) in [6.07, 6.45) is 11.9. The van der Waals surface area contributed by atoms with Gasteiger partial charge >= 0.3 is 0 Å². The molecule has 0 radical (unpaired) electrons. The van der Waals surface area contributed by atoms with Crippen LogP contribution >= 0.6 is 0 Å². The fourth-order valence-electron chi connectivity index (χ4n) is 5.04. The molecule has 0 atom stereocenters. The summed E-state index contributed by atoms with van der Waals surface area (Å²) < 4.78 is 6.60. The van der Waals surface area contributed by atoms with Crippen LogP contribution in [0.4, 0.5) is 0 Å². The van der Waals surface area contributed by atoms with Crippen LogP contribution in [-0.4, -0.2) is 26.3 Å². The zero-order valence-corrected chi connectivity index (χ0v) is 19.0. The van der Waals surface area contributed by atoms with Gasteiger partial charge in [0.25, 0.3) is 0 Å². The normalized spacial score (nSPS) is 16.1. The van der Waals surface area contributed by atoms with Gasteiger partial charge in [0.1, 0.15) is 11.9 Å². The second-order valence-corrected chi connectivity index (χ2v) is 9.30. The molecule has 0 amide bonds. The second kappa shape index (κ2) is 8.47. The maximum absolute atomic E-state index is 6.60. The van der Waals surface area contributed by atoms with E-state index in [2.05, 4.69) is 65.7 Å².